The Bertz CT molecular complexity index is 1220. The van der Waals surface area contributed by atoms with Gasteiger partial charge >= 0.3 is 5.97 Å². The molecule has 2 aromatic carbocycles. The number of hydrogen-bond acceptors (Lipinski definition) is 6. The van der Waals surface area contributed by atoms with E-state index in [2.05, 4.69) is 10.4 Å². The molecule has 0 radical (unpaired) electrons. The van der Waals surface area contributed by atoms with Gasteiger partial charge in [-0.15, -0.1) is 0 Å². The Hall–Kier alpha value is -4.21. The SMILES string of the molecule is Cc1cc(C)c(C)c(Oc2cc(NC(=O)C(C)n3ccc(C(=O)O)n3)cc([N+](=O)[O-])c2)c1. The zero-order chi connectivity index (χ0) is 23.6. The van der Waals surface area contributed by atoms with Gasteiger partial charge in [0, 0.05) is 18.3 Å². The van der Waals surface area contributed by atoms with Gasteiger partial charge in [-0.25, -0.2) is 4.79 Å². The van der Waals surface area contributed by atoms with Crippen LogP contribution >= 0.6 is 0 Å². The minimum Gasteiger partial charge on any atom is -0.476 e. The van der Waals surface area contributed by atoms with Crippen molar-refractivity contribution in [2.45, 2.75) is 33.7 Å². The number of aryl methyl sites for hydroxylation is 2. The number of carbonyl (C=O) groups excluding carboxylic acids is 1. The molecule has 1 heterocycles. The van der Waals surface area contributed by atoms with Crippen molar-refractivity contribution >= 4 is 23.3 Å². The van der Waals surface area contributed by atoms with Gasteiger partial charge in [-0.3, -0.25) is 19.6 Å². The summed E-state index contributed by atoms with van der Waals surface area (Å²) in [5, 5.41) is 26.8. The third-order valence-corrected chi connectivity index (χ3v) is 4.97. The molecule has 1 atom stereocenters. The van der Waals surface area contributed by atoms with Gasteiger partial charge in [0.2, 0.25) is 5.91 Å². The third kappa shape index (κ3) is 4.91. The fourth-order valence-corrected chi connectivity index (χ4v) is 3.09. The van der Waals surface area contributed by atoms with E-state index in [-0.39, 0.29) is 22.8 Å². The van der Waals surface area contributed by atoms with Crippen molar-refractivity contribution in [2.24, 2.45) is 0 Å². The predicted molar refractivity (Wildman–Crippen MR) is 116 cm³/mol. The van der Waals surface area contributed by atoms with Gasteiger partial charge in [0.25, 0.3) is 5.69 Å². The molecule has 10 heteroatoms. The van der Waals surface area contributed by atoms with Crippen LogP contribution in [0.3, 0.4) is 0 Å². The molecule has 1 amide bonds. The smallest absolute Gasteiger partial charge is 0.356 e. The second-order valence-corrected chi connectivity index (χ2v) is 7.43. The van der Waals surface area contributed by atoms with Crippen molar-refractivity contribution in [3.8, 4) is 11.5 Å². The zero-order valence-corrected chi connectivity index (χ0v) is 17.9. The lowest BCUT2D eigenvalue weighted by atomic mass is 10.1. The highest BCUT2D eigenvalue weighted by molar-refractivity contribution is 5.94. The van der Waals surface area contributed by atoms with Crippen LogP contribution in [0.4, 0.5) is 11.4 Å². The van der Waals surface area contributed by atoms with Crippen LogP contribution in [0.2, 0.25) is 0 Å². The van der Waals surface area contributed by atoms with Crippen molar-refractivity contribution in [3.63, 3.8) is 0 Å². The van der Waals surface area contributed by atoms with E-state index in [0.717, 1.165) is 16.7 Å². The van der Waals surface area contributed by atoms with Gasteiger partial charge in [-0.05, 0) is 56.5 Å². The maximum absolute atomic E-state index is 12.7. The number of non-ortho nitro benzene ring substituents is 1. The molecule has 0 saturated heterocycles. The van der Waals surface area contributed by atoms with Crippen molar-refractivity contribution in [1.82, 2.24) is 9.78 Å². The minimum atomic E-state index is -1.21. The molecule has 0 bridgehead atoms. The predicted octanol–water partition coefficient (Wildman–Crippen LogP) is 4.41. The fourth-order valence-electron chi connectivity index (χ4n) is 3.09. The maximum atomic E-state index is 12.7. The van der Waals surface area contributed by atoms with Gasteiger partial charge in [0.1, 0.15) is 17.5 Å². The number of nitro benzene ring substituents is 1. The number of hydrogen-bond donors (Lipinski definition) is 2. The number of nitrogens with one attached hydrogen (secondary N) is 1. The van der Waals surface area contributed by atoms with E-state index >= 15 is 0 Å². The van der Waals surface area contributed by atoms with E-state index in [4.69, 9.17) is 9.84 Å². The summed E-state index contributed by atoms with van der Waals surface area (Å²) < 4.78 is 7.12. The molecule has 0 aliphatic rings. The molecule has 2 N–H and O–H groups in total. The molecule has 166 valence electrons. The van der Waals surface area contributed by atoms with Gasteiger partial charge in [0.05, 0.1) is 16.7 Å². The normalized spacial score (nSPS) is 11.6. The Morgan fingerprint density at radius 2 is 1.91 bits per heavy atom. The number of ether oxygens (including phenoxy) is 1. The van der Waals surface area contributed by atoms with Crippen LogP contribution in [0.15, 0.2) is 42.6 Å². The summed E-state index contributed by atoms with van der Waals surface area (Å²) in [6.07, 6.45) is 1.37. The van der Waals surface area contributed by atoms with Crippen LogP contribution in [-0.2, 0) is 4.79 Å². The lowest BCUT2D eigenvalue weighted by Crippen LogP contribution is -2.24. The molecule has 0 aliphatic carbocycles. The third-order valence-electron chi connectivity index (χ3n) is 4.97. The van der Waals surface area contributed by atoms with E-state index in [1.54, 1.807) is 0 Å². The number of anilines is 1. The highest BCUT2D eigenvalue weighted by atomic mass is 16.6. The number of aromatic carboxylic acids is 1. The molecule has 32 heavy (non-hydrogen) atoms. The molecule has 0 saturated carbocycles. The second-order valence-electron chi connectivity index (χ2n) is 7.43. The first-order chi connectivity index (χ1) is 15.0. The fraction of sp³-hybridized carbons (Fsp3) is 0.227. The first-order valence-electron chi connectivity index (χ1n) is 9.69. The number of nitro groups is 1. The summed E-state index contributed by atoms with van der Waals surface area (Å²) in [5.41, 5.74) is 2.62. The number of carboxylic acids is 1. The maximum Gasteiger partial charge on any atom is 0.356 e. The summed E-state index contributed by atoms with van der Waals surface area (Å²) in [4.78, 5) is 34.5. The van der Waals surface area contributed by atoms with Crippen molar-refractivity contribution in [1.29, 1.82) is 0 Å². The second kappa shape index (κ2) is 8.88. The number of benzene rings is 2. The first kappa shape index (κ1) is 22.5. The first-order valence-corrected chi connectivity index (χ1v) is 9.69. The van der Waals surface area contributed by atoms with E-state index < -0.39 is 22.8 Å². The van der Waals surface area contributed by atoms with Crippen LogP contribution in [0.25, 0.3) is 0 Å². The number of rotatable bonds is 7. The quantitative estimate of drug-likeness (QED) is 0.412. The minimum absolute atomic E-state index is 0.165. The molecular formula is C22H22N4O6. The standard InChI is InChI=1S/C22H22N4O6/c1-12-7-13(2)14(3)20(8-12)32-18-10-16(9-17(11-18)26(30)31)23-21(27)15(4)25-6-5-19(24-25)22(28)29/h5-11,15H,1-4H3,(H,23,27)(H,28,29). The highest BCUT2D eigenvalue weighted by Crippen LogP contribution is 2.33. The topological polar surface area (TPSA) is 137 Å². The van der Waals surface area contributed by atoms with Gasteiger partial charge in [0.15, 0.2) is 5.69 Å². The lowest BCUT2D eigenvalue weighted by Gasteiger charge is -2.15. The molecule has 0 aliphatic heterocycles. The monoisotopic (exact) mass is 438 g/mol. The summed E-state index contributed by atoms with van der Waals surface area (Å²) in [6.45, 7) is 7.29. The Labute approximate surface area is 183 Å². The highest BCUT2D eigenvalue weighted by Gasteiger charge is 2.20. The van der Waals surface area contributed by atoms with E-state index in [1.165, 1.54) is 42.1 Å². The number of nitrogens with zero attached hydrogens (tertiary/aromatic N) is 3. The van der Waals surface area contributed by atoms with Crippen LogP contribution < -0.4 is 10.1 Å². The molecule has 1 aromatic heterocycles. The number of amides is 1. The average molecular weight is 438 g/mol. The number of carboxylic acid groups (broad SMARTS) is 1. The van der Waals surface area contributed by atoms with Crippen molar-refractivity contribution in [2.75, 3.05) is 5.32 Å². The van der Waals surface area contributed by atoms with Gasteiger partial charge < -0.3 is 15.2 Å². The molecule has 10 nitrogen and oxygen atoms in total. The molecule has 1 unspecified atom stereocenters. The lowest BCUT2D eigenvalue weighted by molar-refractivity contribution is -0.384. The van der Waals surface area contributed by atoms with Crippen molar-refractivity contribution < 1.29 is 24.4 Å². The summed E-state index contributed by atoms with van der Waals surface area (Å²) >= 11 is 0. The van der Waals surface area contributed by atoms with Crippen LogP contribution in [0.1, 0.15) is 40.1 Å². The van der Waals surface area contributed by atoms with Gasteiger partial charge in [-0.2, -0.15) is 5.10 Å². The molecule has 0 fully saturated rings. The van der Waals surface area contributed by atoms with Crippen LogP contribution in [-0.4, -0.2) is 31.7 Å². The van der Waals surface area contributed by atoms with Gasteiger partial charge in [-0.1, -0.05) is 6.07 Å². The molecule has 3 aromatic rings. The summed E-state index contributed by atoms with van der Waals surface area (Å²) in [6, 6.07) is 8.25. The van der Waals surface area contributed by atoms with Crippen molar-refractivity contribution in [3.05, 3.63) is 75.1 Å². The van der Waals surface area contributed by atoms with Crippen LogP contribution in [0.5, 0.6) is 11.5 Å². The summed E-state index contributed by atoms with van der Waals surface area (Å²) in [7, 11) is 0. The average Bonchev–Trinajstić information content (AvgIpc) is 3.21. The Balaban J connectivity index is 1.88. The zero-order valence-electron chi connectivity index (χ0n) is 17.9. The Kier molecular flexibility index (Phi) is 6.24. The number of carbonyl (C=O) groups is 2. The summed E-state index contributed by atoms with van der Waals surface area (Å²) in [5.74, 6) is -0.980. The van der Waals surface area contributed by atoms with E-state index in [1.807, 2.05) is 32.9 Å². The number of aromatic nitrogens is 2. The molecular weight excluding hydrogens is 416 g/mol. The molecule has 0 spiro atoms. The van der Waals surface area contributed by atoms with E-state index in [0.29, 0.717) is 5.75 Å². The van der Waals surface area contributed by atoms with Crippen LogP contribution in [0, 0.1) is 30.9 Å². The molecule has 3 rings (SSSR count). The largest absolute Gasteiger partial charge is 0.476 e. The Morgan fingerprint density at radius 1 is 1.19 bits per heavy atom. The van der Waals surface area contributed by atoms with E-state index in [9.17, 15) is 19.7 Å². The Morgan fingerprint density at radius 3 is 2.53 bits per heavy atom.